The smallest absolute Gasteiger partial charge is 0.242 e. The Balaban J connectivity index is 1.46. The van der Waals surface area contributed by atoms with Gasteiger partial charge in [-0.3, -0.25) is 14.5 Å². The lowest BCUT2D eigenvalue weighted by molar-refractivity contribution is -0.130. The summed E-state index contributed by atoms with van der Waals surface area (Å²) in [5.74, 6) is 2.11. The second-order valence-corrected chi connectivity index (χ2v) is 11.7. The van der Waals surface area contributed by atoms with Gasteiger partial charge in [-0.25, -0.2) is 4.68 Å². The van der Waals surface area contributed by atoms with E-state index in [2.05, 4.69) is 6.07 Å². The van der Waals surface area contributed by atoms with Gasteiger partial charge < -0.3 is 14.4 Å². The van der Waals surface area contributed by atoms with E-state index >= 15 is 0 Å². The third kappa shape index (κ3) is 4.74. The molecule has 1 atom stereocenters. The molecule has 0 N–H and O–H groups in total. The zero-order valence-corrected chi connectivity index (χ0v) is 23.6. The highest BCUT2D eigenvalue weighted by Gasteiger charge is 2.39. The molecule has 0 aliphatic carbocycles. The van der Waals surface area contributed by atoms with Crippen LogP contribution in [0.15, 0.2) is 72.8 Å². The van der Waals surface area contributed by atoms with E-state index in [1.165, 1.54) is 0 Å². The molecule has 41 heavy (non-hydrogen) atoms. The molecule has 3 aromatic carbocycles. The zero-order valence-electron chi connectivity index (χ0n) is 22.8. The monoisotopic (exact) mass is 566 g/mol. The Morgan fingerprint density at radius 2 is 1.78 bits per heavy atom. The quantitative estimate of drug-likeness (QED) is 0.323. The lowest BCUT2D eigenvalue weighted by Gasteiger charge is -2.25. The van der Waals surface area contributed by atoms with Crippen LogP contribution in [-0.2, 0) is 9.59 Å². The van der Waals surface area contributed by atoms with Gasteiger partial charge in [-0.05, 0) is 55.2 Å². The molecule has 1 saturated heterocycles. The van der Waals surface area contributed by atoms with Crippen LogP contribution in [0.4, 0.5) is 5.82 Å². The van der Waals surface area contributed by atoms with Crippen LogP contribution >= 0.6 is 11.8 Å². The minimum absolute atomic E-state index is 0.0218. The predicted molar refractivity (Wildman–Crippen MR) is 159 cm³/mol. The summed E-state index contributed by atoms with van der Waals surface area (Å²) in [5.41, 5.74) is 5.54. The van der Waals surface area contributed by atoms with Crippen LogP contribution in [0, 0.1) is 6.92 Å². The predicted octanol–water partition coefficient (Wildman–Crippen LogP) is 5.37. The first-order valence-corrected chi connectivity index (χ1v) is 15.0. The number of carbonyl (C=O) groups is 2. The molecule has 0 unspecified atom stereocenters. The molecule has 1 fully saturated rings. The lowest BCUT2D eigenvalue weighted by atomic mass is 9.99. The lowest BCUT2D eigenvalue weighted by Crippen LogP contribution is -2.43. The summed E-state index contributed by atoms with van der Waals surface area (Å²) in [5, 5.41) is 4.95. The second-order valence-electron chi connectivity index (χ2n) is 10.6. The van der Waals surface area contributed by atoms with Gasteiger partial charge >= 0.3 is 0 Å². The largest absolute Gasteiger partial charge is 0.454 e. The van der Waals surface area contributed by atoms with Crippen molar-refractivity contribution in [3.05, 3.63) is 89.5 Å². The molecule has 2 amide bonds. The third-order valence-corrected chi connectivity index (χ3v) is 9.09. The maximum atomic E-state index is 13.9. The van der Waals surface area contributed by atoms with Crippen LogP contribution in [0.25, 0.3) is 16.9 Å². The van der Waals surface area contributed by atoms with Crippen molar-refractivity contribution in [1.29, 1.82) is 0 Å². The number of thioether (sulfide) groups is 1. The van der Waals surface area contributed by atoms with Gasteiger partial charge in [0.25, 0.3) is 0 Å². The third-order valence-electron chi connectivity index (χ3n) is 7.83. The SMILES string of the molecule is Cc1cccc(-n2nc(-c3ccccc3)c3c2N(CC(=O)N2CCCC2)C(=O)CS[C@@H]3c2ccc3c(c2)OCO3)c1. The highest BCUT2D eigenvalue weighted by molar-refractivity contribution is 8.00. The summed E-state index contributed by atoms with van der Waals surface area (Å²) >= 11 is 1.55. The molecule has 4 heterocycles. The molecule has 208 valence electrons. The van der Waals surface area contributed by atoms with E-state index in [4.69, 9.17) is 14.6 Å². The highest BCUT2D eigenvalue weighted by atomic mass is 32.2. The number of likely N-dealkylation sites (tertiary alicyclic amines) is 1. The number of ether oxygens (including phenoxy) is 2. The van der Waals surface area contributed by atoms with Crippen molar-refractivity contribution in [2.75, 3.05) is 37.1 Å². The molecule has 0 saturated carbocycles. The first kappa shape index (κ1) is 25.7. The summed E-state index contributed by atoms with van der Waals surface area (Å²) in [6.45, 7) is 3.66. The highest BCUT2D eigenvalue weighted by Crippen LogP contribution is 2.50. The zero-order chi connectivity index (χ0) is 27.9. The van der Waals surface area contributed by atoms with E-state index in [0.717, 1.165) is 59.6 Å². The number of benzene rings is 3. The van der Waals surface area contributed by atoms with Crippen molar-refractivity contribution in [3.8, 4) is 28.4 Å². The number of hydrogen-bond acceptors (Lipinski definition) is 6. The Kier molecular flexibility index (Phi) is 6.66. The van der Waals surface area contributed by atoms with Crippen molar-refractivity contribution in [2.24, 2.45) is 0 Å². The maximum absolute atomic E-state index is 13.9. The average Bonchev–Trinajstić information content (AvgIpc) is 3.75. The molecule has 7 rings (SSSR count). The number of fused-ring (bicyclic) bond motifs is 2. The van der Waals surface area contributed by atoms with Crippen LogP contribution in [0.2, 0.25) is 0 Å². The molecule has 8 nitrogen and oxygen atoms in total. The van der Waals surface area contributed by atoms with Gasteiger partial charge in [0.1, 0.15) is 12.4 Å². The van der Waals surface area contributed by atoms with Crippen molar-refractivity contribution in [1.82, 2.24) is 14.7 Å². The van der Waals surface area contributed by atoms with E-state index in [0.29, 0.717) is 17.3 Å². The molecule has 9 heteroatoms. The van der Waals surface area contributed by atoms with Crippen molar-refractivity contribution < 1.29 is 19.1 Å². The summed E-state index contributed by atoms with van der Waals surface area (Å²) in [6.07, 6.45) is 1.98. The number of carbonyl (C=O) groups excluding carboxylic acids is 2. The van der Waals surface area contributed by atoms with E-state index < -0.39 is 0 Å². The first-order valence-electron chi connectivity index (χ1n) is 13.9. The Morgan fingerprint density at radius 1 is 0.976 bits per heavy atom. The van der Waals surface area contributed by atoms with Gasteiger partial charge in [-0.15, -0.1) is 11.8 Å². The molecule has 0 radical (unpaired) electrons. The Hall–Kier alpha value is -4.24. The molecule has 1 aromatic heterocycles. The Bertz CT molecular complexity index is 1630. The number of hydrogen-bond donors (Lipinski definition) is 0. The molecular formula is C32H30N4O4S. The van der Waals surface area contributed by atoms with Gasteiger partial charge in [0, 0.05) is 24.2 Å². The topological polar surface area (TPSA) is 76.9 Å². The van der Waals surface area contributed by atoms with Crippen molar-refractivity contribution in [2.45, 2.75) is 25.0 Å². The fourth-order valence-corrected chi connectivity index (χ4v) is 7.00. The second kappa shape index (κ2) is 10.6. The van der Waals surface area contributed by atoms with Gasteiger partial charge in [0.15, 0.2) is 11.5 Å². The molecule has 3 aliphatic rings. The minimum Gasteiger partial charge on any atom is -0.454 e. The van der Waals surface area contributed by atoms with E-state index in [1.54, 1.807) is 16.7 Å². The van der Waals surface area contributed by atoms with Crippen LogP contribution < -0.4 is 14.4 Å². The number of aryl methyl sites for hydroxylation is 1. The molecule has 3 aliphatic heterocycles. The van der Waals surface area contributed by atoms with Crippen molar-refractivity contribution >= 4 is 29.4 Å². The van der Waals surface area contributed by atoms with Crippen LogP contribution in [0.1, 0.15) is 34.8 Å². The van der Waals surface area contributed by atoms with Crippen LogP contribution in [0.3, 0.4) is 0 Å². The number of nitrogens with zero attached hydrogens (tertiary/aromatic N) is 4. The fraction of sp³-hybridized carbons (Fsp3) is 0.281. The molecule has 0 bridgehead atoms. The van der Waals surface area contributed by atoms with Gasteiger partial charge in [0.05, 0.1) is 22.4 Å². The van der Waals surface area contributed by atoms with Crippen LogP contribution in [-0.4, -0.2) is 58.7 Å². The molecule has 0 spiro atoms. The minimum atomic E-state index is -0.232. The van der Waals surface area contributed by atoms with Crippen LogP contribution in [0.5, 0.6) is 11.5 Å². The number of anilines is 1. The van der Waals surface area contributed by atoms with E-state index in [-0.39, 0.29) is 36.2 Å². The Labute approximate surface area is 242 Å². The number of rotatable bonds is 5. The summed E-state index contributed by atoms with van der Waals surface area (Å²) in [4.78, 5) is 31.0. The number of amides is 2. The average molecular weight is 567 g/mol. The van der Waals surface area contributed by atoms with E-state index in [9.17, 15) is 9.59 Å². The molecular weight excluding hydrogens is 536 g/mol. The fourth-order valence-electron chi connectivity index (χ4n) is 5.81. The summed E-state index contributed by atoms with van der Waals surface area (Å²) in [7, 11) is 0. The van der Waals surface area contributed by atoms with E-state index in [1.807, 2.05) is 83.2 Å². The van der Waals surface area contributed by atoms with Gasteiger partial charge in [-0.2, -0.15) is 5.10 Å². The van der Waals surface area contributed by atoms with Crippen molar-refractivity contribution in [3.63, 3.8) is 0 Å². The summed E-state index contributed by atoms with van der Waals surface area (Å²) < 4.78 is 13.2. The normalized spacial score (nSPS) is 18.0. The van der Waals surface area contributed by atoms with Gasteiger partial charge in [0.2, 0.25) is 18.6 Å². The maximum Gasteiger partial charge on any atom is 0.242 e. The first-order chi connectivity index (χ1) is 20.1. The van der Waals surface area contributed by atoms with Gasteiger partial charge in [-0.1, -0.05) is 48.5 Å². The standard InChI is InChI=1S/C32H30N4O4S/c1-21-8-7-11-24(16-21)36-32-29(30(33-36)22-9-3-2-4-10-22)31(23-12-13-25-26(17-23)40-20-39-25)41-19-28(38)35(32)18-27(37)34-14-5-6-15-34/h2-4,7-13,16-17,31H,5-6,14-15,18-20H2,1H3/t31-/m1/s1. The summed E-state index contributed by atoms with van der Waals surface area (Å²) in [6, 6.07) is 24.1. The number of aromatic nitrogens is 2. The Morgan fingerprint density at radius 3 is 2.59 bits per heavy atom. The molecule has 4 aromatic rings.